The molecule has 0 aromatic heterocycles. The third kappa shape index (κ3) is 2.91. The number of hydrogen-bond donors (Lipinski definition) is 1. The molecule has 1 saturated heterocycles. The number of nitro groups is 1. The first-order chi connectivity index (χ1) is 9.30. The summed E-state index contributed by atoms with van der Waals surface area (Å²) in [5.74, 6) is 0. The van der Waals surface area contributed by atoms with Crippen molar-refractivity contribution in [3.05, 3.63) is 28.3 Å². The van der Waals surface area contributed by atoms with Crippen LogP contribution in [-0.2, 0) is 9.84 Å². The molecular weight excluding hydrogens is 282 g/mol. The van der Waals surface area contributed by atoms with Crippen LogP contribution in [0, 0.1) is 10.1 Å². The predicted molar refractivity (Wildman–Crippen MR) is 75.9 cm³/mol. The van der Waals surface area contributed by atoms with E-state index in [1.165, 1.54) is 18.2 Å². The summed E-state index contributed by atoms with van der Waals surface area (Å²) in [5, 5.41) is 14.1. The van der Waals surface area contributed by atoms with E-state index in [-0.39, 0.29) is 16.6 Å². The monoisotopic (exact) mass is 299 g/mol. The van der Waals surface area contributed by atoms with Crippen LogP contribution in [0.1, 0.15) is 6.92 Å². The molecule has 7 nitrogen and oxygen atoms in total. The molecule has 20 heavy (non-hydrogen) atoms. The normalized spacial score (nSPS) is 19.9. The number of nitro benzene ring substituents is 1. The van der Waals surface area contributed by atoms with E-state index in [0.717, 1.165) is 12.8 Å². The van der Waals surface area contributed by atoms with E-state index >= 15 is 0 Å². The largest absolute Gasteiger partial charge is 0.365 e. The standard InChI is InChI=1S/C12H17N3O4S/c1-9-8-13-5-6-14(9)11-7-10(15(16)17)3-4-12(11)20(2,18)19/h3-4,7,9,13H,5-6,8H2,1-2H3. The summed E-state index contributed by atoms with van der Waals surface area (Å²) in [4.78, 5) is 12.4. The van der Waals surface area contributed by atoms with Crippen LogP contribution in [-0.4, -0.2) is 45.3 Å². The SMILES string of the molecule is CC1CNCCN1c1cc([N+](=O)[O-])ccc1S(C)(=O)=O. The van der Waals surface area contributed by atoms with Crippen molar-refractivity contribution < 1.29 is 13.3 Å². The van der Waals surface area contributed by atoms with Crippen molar-refractivity contribution in [3.63, 3.8) is 0 Å². The number of nitrogens with one attached hydrogen (secondary N) is 1. The summed E-state index contributed by atoms with van der Waals surface area (Å²) in [6.45, 7) is 4.00. The molecule has 1 atom stereocenters. The maximum Gasteiger partial charge on any atom is 0.271 e. The molecule has 0 aliphatic carbocycles. The molecule has 0 saturated carbocycles. The van der Waals surface area contributed by atoms with Crippen LogP contribution in [0.2, 0.25) is 0 Å². The summed E-state index contributed by atoms with van der Waals surface area (Å²) in [5.41, 5.74) is 0.314. The minimum absolute atomic E-state index is 0.0752. The Labute approximate surface area is 117 Å². The third-order valence-electron chi connectivity index (χ3n) is 3.36. The maximum absolute atomic E-state index is 11.9. The molecule has 8 heteroatoms. The van der Waals surface area contributed by atoms with Crippen LogP contribution >= 0.6 is 0 Å². The molecule has 110 valence electrons. The van der Waals surface area contributed by atoms with Gasteiger partial charge in [-0.05, 0) is 13.0 Å². The average molecular weight is 299 g/mol. The Bertz CT molecular complexity index is 630. The highest BCUT2D eigenvalue weighted by Gasteiger charge is 2.26. The molecule has 2 rings (SSSR count). The van der Waals surface area contributed by atoms with E-state index in [4.69, 9.17) is 0 Å². The zero-order valence-electron chi connectivity index (χ0n) is 11.4. The van der Waals surface area contributed by atoms with Gasteiger partial charge in [0.1, 0.15) is 0 Å². The lowest BCUT2D eigenvalue weighted by Crippen LogP contribution is -2.50. The molecule has 0 amide bonds. The van der Waals surface area contributed by atoms with Gasteiger partial charge < -0.3 is 10.2 Å². The van der Waals surface area contributed by atoms with Crippen LogP contribution in [0.3, 0.4) is 0 Å². The summed E-state index contributed by atoms with van der Waals surface area (Å²) >= 11 is 0. The van der Waals surface area contributed by atoms with E-state index in [0.29, 0.717) is 18.8 Å². The topological polar surface area (TPSA) is 92.5 Å². The fraction of sp³-hybridized carbons (Fsp3) is 0.500. The molecule has 1 unspecified atom stereocenters. The van der Waals surface area contributed by atoms with Crippen molar-refractivity contribution in [1.82, 2.24) is 5.32 Å². The number of sulfone groups is 1. The highest BCUT2D eigenvalue weighted by Crippen LogP contribution is 2.31. The van der Waals surface area contributed by atoms with Crippen LogP contribution in [0.4, 0.5) is 11.4 Å². The molecule has 0 spiro atoms. The fourth-order valence-electron chi connectivity index (χ4n) is 2.36. The van der Waals surface area contributed by atoms with Crippen LogP contribution in [0.15, 0.2) is 23.1 Å². The van der Waals surface area contributed by atoms with Crippen molar-refractivity contribution in [1.29, 1.82) is 0 Å². The summed E-state index contributed by atoms with van der Waals surface area (Å²) in [6, 6.07) is 3.97. The molecule has 1 N–H and O–H groups in total. The molecule has 1 aromatic rings. The van der Waals surface area contributed by atoms with Gasteiger partial charge in [-0.2, -0.15) is 0 Å². The number of nitrogens with zero attached hydrogens (tertiary/aromatic N) is 2. The second-order valence-electron chi connectivity index (χ2n) is 4.93. The number of non-ortho nitro benzene ring substituents is 1. The maximum atomic E-state index is 11.9. The highest BCUT2D eigenvalue weighted by molar-refractivity contribution is 7.90. The Morgan fingerprint density at radius 1 is 1.45 bits per heavy atom. The van der Waals surface area contributed by atoms with Gasteiger partial charge in [-0.3, -0.25) is 10.1 Å². The Balaban J connectivity index is 2.57. The number of anilines is 1. The number of piperazine rings is 1. The van der Waals surface area contributed by atoms with E-state index in [9.17, 15) is 18.5 Å². The van der Waals surface area contributed by atoms with Crippen molar-refractivity contribution in [2.24, 2.45) is 0 Å². The summed E-state index contributed by atoms with van der Waals surface area (Å²) in [6.07, 6.45) is 1.12. The molecule has 1 aromatic carbocycles. The summed E-state index contributed by atoms with van der Waals surface area (Å²) < 4.78 is 23.7. The first-order valence-electron chi connectivity index (χ1n) is 6.26. The minimum Gasteiger partial charge on any atom is -0.365 e. The second kappa shape index (κ2) is 5.37. The lowest BCUT2D eigenvalue weighted by Gasteiger charge is -2.36. The molecule has 0 bridgehead atoms. The van der Waals surface area contributed by atoms with Gasteiger partial charge >= 0.3 is 0 Å². The fourth-order valence-corrected chi connectivity index (χ4v) is 3.23. The third-order valence-corrected chi connectivity index (χ3v) is 4.51. The van der Waals surface area contributed by atoms with Crippen LogP contribution in [0.25, 0.3) is 0 Å². The Hall–Kier alpha value is -1.67. The molecule has 1 aliphatic heterocycles. The van der Waals surface area contributed by atoms with Crippen molar-refractivity contribution in [2.75, 3.05) is 30.8 Å². The van der Waals surface area contributed by atoms with E-state index in [2.05, 4.69) is 5.32 Å². The molecule has 1 heterocycles. The van der Waals surface area contributed by atoms with Crippen molar-refractivity contribution >= 4 is 21.2 Å². The Morgan fingerprint density at radius 3 is 2.70 bits per heavy atom. The Morgan fingerprint density at radius 2 is 2.15 bits per heavy atom. The van der Waals surface area contributed by atoms with E-state index < -0.39 is 14.8 Å². The number of benzene rings is 1. The quantitative estimate of drug-likeness (QED) is 0.655. The highest BCUT2D eigenvalue weighted by atomic mass is 32.2. The predicted octanol–water partition coefficient (Wildman–Crippen LogP) is 0.796. The Kier molecular flexibility index (Phi) is 3.96. The van der Waals surface area contributed by atoms with Crippen molar-refractivity contribution in [3.8, 4) is 0 Å². The van der Waals surface area contributed by atoms with Gasteiger partial charge in [0.15, 0.2) is 9.84 Å². The second-order valence-corrected chi connectivity index (χ2v) is 6.91. The number of hydrogen-bond acceptors (Lipinski definition) is 6. The number of rotatable bonds is 3. The van der Waals surface area contributed by atoms with Gasteiger partial charge in [0.05, 0.1) is 15.5 Å². The average Bonchev–Trinajstić information content (AvgIpc) is 2.37. The van der Waals surface area contributed by atoms with Gasteiger partial charge in [0, 0.05) is 44.1 Å². The molecule has 1 aliphatic rings. The molecular formula is C12H17N3O4S. The first-order valence-corrected chi connectivity index (χ1v) is 8.15. The van der Waals surface area contributed by atoms with Crippen LogP contribution < -0.4 is 10.2 Å². The first kappa shape index (κ1) is 14.7. The smallest absolute Gasteiger partial charge is 0.271 e. The zero-order valence-corrected chi connectivity index (χ0v) is 12.2. The van der Waals surface area contributed by atoms with Gasteiger partial charge in [0.25, 0.3) is 5.69 Å². The van der Waals surface area contributed by atoms with Crippen LogP contribution in [0.5, 0.6) is 0 Å². The van der Waals surface area contributed by atoms with Gasteiger partial charge in [-0.15, -0.1) is 0 Å². The lowest BCUT2D eigenvalue weighted by atomic mass is 10.1. The van der Waals surface area contributed by atoms with E-state index in [1.807, 2.05) is 11.8 Å². The lowest BCUT2D eigenvalue weighted by molar-refractivity contribution is -0.384. The van der Waals surface area contributed by atoms with Gasteiger partial charge in [-0.25, -0.2) is 8.42 Å². The zero-order chi connectivity index (χ0) is 14.9. The molecule has 0 radical (unpaired) electrons. The van der Waals surface area contributed by atoms with Gasteiger partial charge in [0.2, 0.25) is 0 Å². The molecule has 1 fully saturated rings. The van der Waals surface area contributed by atoms with E-state index in [1.54, 1.807) is 0 Å². The van der Waals surface area contributed by atoms with Crippen molar-refractivity contribution in [2.45, 2.75) is 17.9 Å². The van der Waals surface area contributed by atoms with Gasteiger partial charge in [-0.1, -0.05) is 0 Å². The summed E-state index contributed by atoms with van der Waals surface area (Å²) in [7, 11) is -3.43. The minimum atomic E-state index is -3.43.